The van der Waals surface area contributed by atoms with Crippen LogP contribution < -0.4 is 10.1 Å². The molecule has 1 amide bonds. The van der Waals surface area contributed by atoms with Crippen molar-refractivity contribution in [3.63, 3.8) is 0 Å². The lowest BCUT2D eigenvalue weighted by Crippen LogP contribution is -2.20. The lowest BCUT2D eigenvalue weighted by atomic mass is 10.3. The first kappa shape index (κ1) is 14.6. The summed E-state index contributed by atoms with van der Waals surface area (Å²) in [6.07, 6.45) is 0. The Bertz CT molecular complexity index is 614. The first-order valence-electron chi connectivity index (χ1n) is 5.68. The molecule has 2 aromatic carbocycles. The fourth-order valence-electron chi connectivity index (χ4n) is 1.51. The van der Waals surface area contributed by atoms with Gasteiger partial charge in [0.25, 0.3) is 5.91 Å². The van der Waals surface area contributed by atoms with E-state index in [0.717, 1.165) is 0 Å². The largest absolute Gasteiger partial charge is 0.484 e. The smallest absolute Gasteiger partial charge is 0.262 e. The van der Waals surface area contributed by atoms with Gasteiger partial charge in [-0.15, -0.1) is 0 Å². The summed E-state index contributed by atoms with van der Waals surface area (Å²) >= 11 is 11.6. The molecule has 0 aliphatic carbocycles. The van der Waals surface area contributed by atoms with E-state index in [-0.39, 0.29) is 12.3 Å². The number of amides is 1. The summed E-state index contributed by atoms with van der Waals surface area (Å²) in [7, 11) is 0. The molecule has 0 unspecified atom stereocenters. The van der Waals surface area contributed by atoms with Gasteiger partial charge in [0.15, 0.2) is 6.61 Å². The van der Waals surface area contributed by atoms with Crippen LogP contribution in [0.4, 0.5) is 10.1 Å². The van der Waals surface area contributed by atoms with Crippen LogP contribution in [0.2, 0.25) is 10.0 Å². The van der Waals surface area contributed by atoms with Crippen molar-refractivity contribution in [1.82, 2.24) is 0 Å². The van der Waals surface area contributed by atoms with E-state index in [4.69, 9.17) is 27.9 Å². The van der Waals surface area contributed by atoms with Gasteiger partial charge in [0.2, 0.25) is 0 Å². The molecule has 1 N–H and O–H groups in total. The Morgan fingerprint density at radius 3 is 2.45 bits per heavy atom. The fraction of sp³-hybridized carbons (Fsp3) is 0.0714. The van der Waals surface area contributed by atoms with Gasteiger partial charge in [-0.1, -0.05) is 35.3 Å². The van der Waals surface area contributed by atoms with Gasteiger partial charge in [0, 0.05) is 10.0 Å². The fourth-order valence-corrected chi connectivity index (χ4v) is 2.02. The number of carbonyl (C=O) groups excluding carboxylic acids is 1. The van der Waals surface area contributed by atoms with Crippen molar-refractivity contribution < 1.29 is 13.9 Å². The minimum absolute atomic E-state index is 0.102. The maximum Gasteiger partial charge on any atom is 0.262 e. The summed E-state index contributed by atoms with van der Waals surface area (Å²) in [5.41, 5.74) is 0.102. The maximum atomic E-state index is 13.3. The highest BCUT2D eigenvalue weighted by Crippen LogP contribution is 2.24. The second kappa shape index (κ2) is 6.59. The van der Waals surface area contributed by atoms with Crippen molar-refractivity contribution in [3.05, 3.63) is 58.3 Å². The van der Waals surface area contributed by atoms with Gasteiger partial charge in [-0.3, -0.25) is 4.79 Å². The molecule has 0 saturated carbocycles. The molecule has 0 aromatic heterocycles. The summed E-state index contributed by atoms with van der Waals surface area (Å²) in [4.78, 5) is 11.6. The van der Waals surface area contributed by atoms with Crippen LogP contribution in [-0.2, 0) is 4.79 Å². The zero-order valence-corrected chi connectivity index (χ0v) is 11.7. The van der Waals surface area contributed by atoms with Crippen molar-refractivity contribution in [3.8, 4) is 5.75 Å². The average Bonchev–Trinajstić information content (AvgIpc) is 2.38. The van der Waals surface area contributed by atoms with Gasteiger partial charge >= 0.3 is 0 Å². The number of nitrogens with one attached hydrogen (secondary N) is 1. The summed E-state index contributed by atoms with van der Waals surface area (Å²) in [6, 6.07) is 10.5. The van der Waals surface area contributed by atoms with Gasteiger partial charge in [-0.2, -0.15) is 0 Å². The monoisotopic (exact) mass is 313 g/mol. The molecular weight excluding hydrogens is 304 g/mol. The van der Waals surface area contributed by atoms with E-state index in [9.17, 15) is 9.18 Å². The number of rotatable bonds is 4. The molecule has 0 atom stereocenters. The normalized spacial score (nSPS) is 10.2. The molecule has 0 saturated heterocycles. The molecule has 6 heteroatoms. The van der Waals surface area contributed by atoms with Crippen LogP contribution in [0.1, 0.15) is 0 Å². The van der Waals surface area contributed by atoms with Crippen LogP contribution in [-0.4, -0.2) is 12.5 Å². The number of para-hydroxylation sites is 1. The number of anilines is 1. The maximum absolute atomic E-state index is 13.3. The Hall–Kier alpha value is -1.78. The SMILES string of the molecule is O=C(COc1cc(Cl)cc(Cl)c1)Nc1ccccc1F. The third-order valence-corrected chi connectivity index (χ3v) is 2.79. The molecule has 0 bridgehead atoms. The summed E-state index contributed by atoms with van der Waals surface area (Å²) in [5, 5.41) is 3.21. The second-order valence-corrected chi connectivity index (χ2v) is 4.79. The van der Waals surface area contributed by atoms with Gasteiger partial charge in [0.1, 0.15) is 11.6 Å². The molecule has 3 nitrogen and oxygen atoms in total. The molecule has 20 heavy (non-hydrogen) atoms. The van der Waals surface area contributed by atoms with Crippen LogP contribution in [0.25, 0.3) is 0 Å². The minimum atomic E-state index is -0.508. The summed E-state index contributed by atoms with van der Waals surface area (Å²) in [5.74, 6) is -0.621. The molecule has 0 aliphatic rings. The standard InChI is InChI=1S/C14H10Cl2FNO2/c15-9-5-10(16)7-11(6-9)20-8-14(19)18-13-4-2-1-3-12(13)17/h1-7H,8H2,(H,18,19). The van der Waals surface area contributed by atoms with Crippen LogP contribution in [0.5, 0.6) is 5.75 Å². The van der Waals surface area contributed by atoms with E-state index in [1.54, 1.807) is 12.1 Å². The highest BCUT2D eigenvalue weighted by atomic mass is 35.5. The lowest BCUT2D eigenvalue weighted by molar-refractivity contribution is -0.118. The zero-order valence-electron chi connectivity index (χ0n) is 10.2. The molecule has 2 rings (SSSR count). The van der Waals surface area contributed by atoms with Gasteiger partial charge in [0.05, 0.1) is 5.69 Å². The third kappa shape index (κ3) is 4.11. The number of halogens is 3. The number of carbonyl (C=O) groups is 1. The van der Waals surface area contributed by atoms with Crippen LogP contribution in [0, 0.1) is 5.82 Å². The Morgan fingerprint density at radius 1 is 1.15 bits per heavy atom. The van der Waals surface area contributed by atoms with Crippen LogP contribution in [0.15, 0.2) is 42.5 Å². The topological polar surface area (TPSA) is 38.3 Å². The molecular formula is C14H10Cl2FNO2. The predicted octanol–water partition coefficient (Wildman–Crippen LogP) is 4.15. The van der Waals surface area contributed by atoms with Gasteiger partial charge < -0.3 is 10.1 Å². The Labute approximate surface area is 125 Å². The predicted molar refractivity (Wildman–Crippen MR) is 77.0 cm³/mol. The molecule has 0 spiro atoms. The number of benzene rings is 2. The average molecular weight is 314 g/mol. The van der Waals surface area contributed by atoms with Gasteiger partial charge in [-0.05, 0) is 30.3 Å². The highest BCUT2D eigenvalue weighted by Gasteiger charge is 2.07. The Balaban J connectivity index is 1.94. The van der Waals surface area contributed by atoms with E-state index in [2.05, 4.69) is 5.32 Å². The summed E-state index contributed by atoms with van der Waals surface area (Å²) in [6.45, 7) is -0.273. The van der Waals surface area contributed by atoms with E-state index in [1.807, 2.05) is 0 Å². The van der Waals surface area contributed by atoms with Crippen molar-refractivity contribution >= 4 is 34.8 Å². The van der Waals surface area contributed by atoms with Crippen molar-refractivity contribution in [2.45, 2.75) is 0 Å². The first-order valence-corrected chi connectivity index (χ1v) is 6.43. The van der Waals surface area contributed by atoms with Crippen molar-refractivity contribution in [2.24, 2.45) is 0 Å². The van der Waals surface area contributed by atoms with E-state index in [1.165, 1.54) is 30.3 Å². The lowest BCUT2D eigenvalue weighted by Gasteiger charge is -2.08. The number of ether oxygens (including phenoxy) is 1. The zero-order chi connectivity index (χ0) is 14.5. The number of hydrogen-bond donors (Lipinski definition) is 1. The molecule has 0 fully saturated rings. The molecule has 104 valence electrons. The van der Waals surface area contributed by atoms with Gasteiger partial charge in [-0.25, -0.2) is 4.39 Å². The van der Waals surface area contributed by atoms with Crippen molar-refractivity contribution in [2.75, 3.05) is 11.9 Å². The first-order chi connectivity index (χ1) is 9.54. The van der Waals surface area contributed by atoms with Crippen LogP contribution >= 0.6 is 23.2 Å². The van der Waals surface area contributed by atoms with E-state index in [0.29, 0.717) is 15.8 Å². The van der Waals surface area contributed by atoms with E-state index >= 15 is 0 Å². The van der Waals surface area contributed by atoms with Crippen LogP contribution in [0.3, 0.4) is 0 Å². The van der Waals surface area contributed by atoms with Crippen molar-refractivity contribution in [1.29, 1.82) is 0 Å². The molecule has 2 aromatic rings. The third-order valence-electron chi connectivity index (χ3n) is 2.35. The molecule has 0 aliphatic heterocycles. The molecule has 0 radical (unpaired) electrons. The molecule has 0 heterocycles. The quantitative estimate of drug-likeness (QED) is 0.920. The highest BCUT2D eigenvalue weighted by molar-refractivity contribution is 6.34. The second-order valence-electron chi connectivity index (χ2n) is 3.92. The number of hydrogen-bond acceptors (Lipinski definition) is 2. The minimum Gasteiger partial charge on any atom is -0.484 e. The Morgan fingerprint density at radius 2 is 1.80 bits per heavy atom. The Kier molecular flexibility index (Phi) is 4.82. The van der Waals surface area contributed by atoms with E-state index < -0.39 is 11.7 Å². The summed E-state index contributed by atoms with van der Waals surface area (Å²) < 4.78 is 18.6.